The number of hydrogen-bond acceptors (Lipinski definition) is 2. The maximum Gasteiger partial charge on any atom is 0.159 e. The number of ketones is 1. The van der Waals surface area contributed by atoms with Gasteiger partial charge in [0.05, 0.1) is 5.75 Å². The Morgan fingerprint density at radius 3 is 2.60 bits per heavy atom. The van der Waals surface area contributed by atoms with Gasteiger partial charge in [0, 0.05) is 11.3 Å². The molecule has 0 aliphatic heterocycles. The number of Topliss-reactive ketones (excluding diaryl/α,β-unsaturated/α-hetero) is 1. The molecule has 4 heteroatoms. The first-order valence-electron chi connectivity index (χ1n) is 6.19. The molecule has 0 radical (unpaired) electrons. The lowest BCUT2D eigenvalue weighted by Crippen LogP contribution is -2.06. The summed E-state index contributed by atoms with van der Waals surface area (Å²) in [6.07, 6.45) is 0.121. The van der Waals surface area contributed by atoms with Crippen LogP contribution in [-0.2, 0) is 11.2 Å². The van der Waals surface area contributed by atoms with E-state index in [1.54, 1.807) is 0 Å². The van der Waals surface area contributed by atoms with E-state index in [9.17, 15) is 13.6 Å². The number of thioether (sulfide) groups is 1. The van der Waals surface area contributed by atoms with Gasteiger partial charge in [0.25, 0.3) is 0 Å². The molecule has 0 N–H and O–H groups in total. The summed E-state index contributed by atoms with van der Waals surface area (Å²) in [5.41, 5.74) is 1.64. The third-order valence-corrected chi connectivity index (χ3v) is 3.83. The molecule has 0 aliphatic carbocycles. The van der Waals surface area contributed by atoms with Gasteiger partial charge in [-0.1, -0.05) is 23.8 Å². The van der Waals surface area contributed by atoms with Crippen LogP contribution in [0.5, 0.6) is 0 Å². The molecular formula is C16H14F2OS. The first-order chi connectivity index (χ1) is 9.54. The average Bonchev–Trinajstić information content (AvgIpc) is 2.41. The quantitative estimate of drug-likeness (QED) is 0.769. The van der Waals surface area contributed by atoms with Crippen molar-refractivity contribution < 1.29 is 13.6 Å². The van der Waals surface area contributed by atoms with E-state index in [0.717, 1.165) is 22.6 Å². The van der Waals surface area contributed by atoms with Crippen molar-refractivity contribution in [3.05, 3.63) is 65.2 Å². The van der Waals surface area contributed by atoms with Gasteiger partial charge in [0.1, 0.15) is 5.78 Å². The minimum atomic E-state index is -0.915. The van der Waals surface area contributed by atoms with Crippen LogP contribution in [0.25, 0.3) is 0 Å². The second kappa shape index (κ2) is 6.66. The second-order valence-corrected chi connectivity index (χ2v) is 5.62. The van der Waals surface area contributed by atoms with Crippen molar-refractivity contribution in [1.82, 2.24) is 0 Å². The molecule has 0 atom stereocenters. The highest BCUT2D eigenvalue weighted by Crippen LogP contribution is 2.19. The molecule has 0 fully saturated rings. The Kier molecular flexibility index (Phi) is 4.90. The Labute approximate surface area is 121 Å². The smallest absolute Gasteiger partial charge is 0.159 e. The molecule has 2 aromatic rings. The summed E-state index contributed by atoms with van der Waals surface area (Å²) in [4.78, 5) is 12.9. The predicted molar refractivity (Wildman–Crippen MR) is 77.0 cm³/mol. The van der Waals surface area contributed by atoms with Crippen molar-refractivity contribution >= 4 is 17.5 Å². The normalized spacial score (nSPS) is 10.6. The lowest BCUT2D eigenvalue weighted by molar-refractivity contribution is -0.116. The first-order valence-corrected chi connectivity index (χ1v) is 7.18. The van der Waals surface area contributed by atoms with Gasteiger partial charge in [-0.05, 0) is 36.8 Å². The average molecular weight is 292 g/mol. The molecule has 0 saturated carbocycles. The standard InChI is InChI=1S/C16H14F2OS/c1-11-3-2-4-14(7-11)20-10-13(19)8-12-5-6-15(17)16(18)9-12/h2-7,9H,8,10H2,1H3. The van der Waals surface area contributed by atoms with Gasteiger partial charge in [0.2, 0.25) is 0 Å². The van der Waals surface area contributed by atoms with Crippen LogP contribution in [0.1, 0.15) is 11.1 Å². The monoisotopic (exact) mass is 292 g/mol. The molecule has 0 aliphatic rings. The Hall–Kier alpha value is -1.68. The molecule has 2 aromatic carbocycles. The van der Waals surface area contributed by atoms with Gasteiger partial charge in [-0.3, -0.25) is 4.79 Å². The fraction of sp³-hybridized carbons (Fsp3) is 0.188. The second-order valence-electron chi connectivity index (χ2n) is 4.57. The molecule has 0 bridgehead atoms. The Bertz CT molecular complexity index is 626. The van der Waals surface area contributed by atoms with Crippen molar-refractivity contribution in [3.63, 3.8) is 0 Å². The summed E-state index contributed by atoms with van der Waals surface area (Å²) in [7, 11) is 0. The van der Waals surface area contributed by atoms with E-state index in [1.807, 2.05) is 31.2 Å². The molecule has 2 rings (SSSR count). The maximum atomic E-state index is 13.0. The number of halogens is 2. The molecule has 0 unspecified atom stereocenters. The van der Waals surface area contributed by atoms with E-state index in [0.29, 0.717) is 11.3 Å². The summed E-state index contributed by atoms with van der Waals surface area (Å²) in [6, 6.07) is 11.5. The van der Waals surface area contributed by atoms with Crippen LogP contribution in [0.2, 0.25) is 0 Å². The third kappa shape index (κ3) is 4.17. The van der Waals surface area contributed by atoms with Crippen molar-refractivity contribution in [2.45, 2.75) is 18.2 Å². The minimum Gasteiger partial charge on any atom is -0.298 e. The minimum absolute atomic E-state index is 0.0116. The van der Waals surface area contributed by atoms with Gasteiger partial charge in [-0.2, -0.15) is 0 Å². The predicted octanol–water partition coefficient (Wildman–Crippen LogP) is 4.18. The van der Waals surface area contributed by atoms with Crippen LogP contribution in [-0.4, -0.2) is 11.5 Å². The van der Waals surface area contributed by atoms with E-state index in [-0.39, 0.29) is 12.2 Å². The number of carbonyl (C=O) groups is 1. The zero-order chi connectivity index (χ0) is 14.5. The van der Waals surface area contributed by atoms with E-state index in [2.05, 4.69) is 0 Å². The highest BCUT2D eigenvalue weighted by molar-refractivity contribution is 8.00. The number of benzene rings is 2. The summed E-state index contributed by atoms with van der Waals surface area (Å²) in [5.74, 6) is -1.50. The molecule has 0 amide bonds. The third-order valence-electron chi connectivity index (χ3n) is 2.77. The van der Waals surface area contributed by atoms with Crippen LogP contribution in [0.15, 0.2) is 47.4 Å². The summed E-state index contributed by atoms with van der Waals surface area (Å²) >= 11 is 1.45. The van der Waals surface area contributed by atoms with Crippen LogP contribution >= 0.6 is 11.8 Å². The van der Waals surface area contributed by atoms with Crippen molar-refractivity contribution in [3.8, 4) is 0 Å². The van der Waals surface area contributed by atoms with Crippen molar-refractivity contribution in [1.29, 1.82) is 0 Å². The van der Waals surface area contributed by atoms with E-state index >= 15 is 0 Å². The molecular weight excluding hydrogens is 278 g/mol. The summed E-state index contributed by atoms with van der Waals surface area (Å²) in [5, 5.41) is 0. The first kappa shape index (κ1) is 14.7. The highest BCUT2D eigenvalue weighted by atomic mass is 32.2. The summed E-state index contributed by atoms with van der Waals surface area (Å²) in [6.45, 7) is 1.99. The van der Waals surface area contributed by atoms with Crippen molar-refractivity contribution in [2.75, 3.05) is 5.75 Å². The van der Waals surface area contributed by atoms with Gasteiger partial charge in [0.15, 0.2) is 11.6 Å². The Morgan fingerprint density at radius 1 is 1.10 bits per heavy atom. The molecule has 0 saturated heterocycles. The molecule has 0 aromatic heterocycles. The van der Waals surface area contributed by atoms with Crippen LogP contribution in [0.3, 0.4) is 0 Å². The van der Waals surface area contributed by atoms with E-state index in [4.69, 9.17) is 0 Å². The Morgan fingerprint density at radius 2 is 1.90 bits per heavy atom. The molecule has 1 nitrogen and oxygen atoms in total. The molecule has 0 heterocycles. The van der Waals surface area contributed by atoms with Crippen LogP contribution < -0.4 is 0 Å². The Balaban J connectivity index is 1.91. The van der Waals surface area contributed by atoms with Gasteiger partial charge < -0.3 is 0 Å². The maximum absolute atomic E-state index is 13.0. The zero-order valence-corrected chi connectivity index (χ0v) is 11.8. The number of carbonyl (C=O) groups excluding carboxylic acids is 1. The van der Waals surface area contributed by atoms with Gasteiger partial charge in [-0.15, -0.1) is 11.8 Å². The molecule has 0 spiro atoms. The van der Waals surface area contributed by atoms with Crippen molar-refractivity contribution in [2.24, 2.45) is 0 Å². The van der Waals surface area contributed by atoms with Gasteiger partial charge >= 0.3 is 0 Å². The topological polar surface area (TPSA) is 17.1 Å². The fourth-order valence-electron chi connectivity index (χ4n) is 1.80. The van der Waals surface area contributed by atoms with E-state index < -0.39 is 11.6 Å². The van der Waals surface area contributed by atoms with Gasteiger partial charge in [-0.25, -0.2) is 8.78 Å². The molecule has 20 heavy (non-hydrogen) atoms. The number of rotatable bonds is 5. The number of aryl methyl sites for hydroxylation is 1. The lowest BCUT2D eigenvalue weighted by atomic mass is 10.1. The fourth-order valence-corrected chi connectivity index (χ4v) is 2.67. The number of hydrogen-bond donors (Lipinski definition) is 0. The largest absolute Gasteiger partial charge is 0.298 e. The van der Waals surface area contributed by atoms with Crippen LogP contribution in [0.4, 0.5) is 8.78 Å². The highest BCUT2D eigenvalue weighted by Gasteiger charge is 2.08. The van der Waals surface area contributed by atoms with Crippen LogP contribution in [0, 0.1) is 18.6 Å². The SMILES string of the molecule is Cc1cccc(SCC(=O)Cc2ccc(F)c(F)c2)c1. The van der Waals surface area contributed by atoms with E-state index in [1.165, 1.54) is 17.8 Å². The molecule has 104 valence electrons. The lowest BCUT2D eigenvalue weighted by Gasteiger charge is -2.03. The summed E-state index contributed by atoms with van der Waals surface area (Å²) < 4.78 is 25.8. The zero-order valence-electron chi connectivity index (χ0n) is 11.0.